The predicted octanol–water partition coefficient (Wildman–Crippen LogP) is 1.96. The first-order valence-electron chi connectivity index (χ1n) is 8.80. The Morgan fingerprint density at radius 1 is 1.04 bits per heavy atom. The van der Waals surface area contributed by atoms with Gasteiger partial charge in [0.25, 0.3) is 11.8 Å². The number of rotatable bonds is 9. The average Bonchev–Trinajstić information content (AvgIpc) is 3.03. The smallest absolute Gasteiger partial charge is 0.340 e. The highest BCUT2D eigenvalue weighted by Gasteiger charge is 2.22. The summed E-state index contributed by atoms with van der Waals surface area (Å²) in [6.45, 7) is 2.12. The summed E-state index contributed by atoms with van der Waals surface area (Å²) < 4.78 is 4.56. The van der Waals surface area contributed by atoms with Crippen molar-refractivity contribution >= 4 is 38.9 Å². The van der Waals surface area contributed by atoms with Gasteiger partial charge < -0.3 is 4.52 Å². The third-order valence-corrected chi connectivity index (χ3v) is 4.39. The van der Waals surface area contributed by atoms with Gasteiger partial charge in [0.2, 0.25) is 5.91 Å². The minimum Gasteiger partial charge on any atom is -0.448 e. The molecule has 0 saturated carbocycles. The van der Waals surface area contributed by atoms with Gasteiger partial charge in [-0.3, -0.25) is 19.3 Å². The molecule has 0 bridgehead atoms. The van der Waals surface area contributed by atoms with Crippen molar-refractivity contribution in [2.24, 2.45) is 5.10 Å². The van der Waals surface area contributed by atoms with E-state index in [9.17, 15) is 19.2 Å². The fraction of sp³-hybridized carbons (Fsp3) is 0.316. The number of nitrogens with zero attached hydrogens (tertiary/aromatic N) is 2. The zero-order chi connectivity index (χ0) is 20.5. The predicted molar refractivity (Wildman–Crippen MR) is 106 cm³/mol. The van der Waals surface area contributed by atoms with E-state index in [1.807, 2.05) is 9.47 Å². The minimum atomic E-state index is -0.450. The number of hydrazone groups is 1. The second-order valence-electron chi connectivity index (χ2n) is 6.19. The number of carbonyl (C=O) groups excluding carboxylic acids is 4. The number of unbranched alkanes of at least 4 members (excludes halogenated alkanes) is 2. The standard InChI is InChI=1S/C19H22N3O5P/c1-13(14-6-8-15(9-7-14)19(26)27-28)20-21-16(23)5-3-2-4-12-22-17(24)10-11-18(22)25/h6-11H,2-5,12,28H2,1H3,(H,21,23)/b20-13+. The summed E-state index contributed by atoms with van der Waals surface area (Å²) in [4.78, 5) is 47.3. The van der Waals surface area contributed by atoms with Crippen LogP contribution in [-0.2, 0) is 18.9 Å². The van der Waals surface area contributed by atoms with Crippen molar-refractivity contribution in [3.8, 4) is 0 Å². The molecular formula is C19H22N3O5P. The normalized spacial score (nSPS) is 13.8. The molecule has 0 saturated heterocycles. The van der Waals surface area contributed by atoms with E-state index in [-0.39, 0.29) is 17.7 Å². The highest BCUT2D eigenvalue weighted by Crippen LogP contribution is 2.09. The maximum atomic E-state index is 11.9. The molecule has 3 amide bonds. The van der Waals surface area contributed by atoms with Crippen LogP contribution in [0.4, 0.5) is 0 Å². The molecular weight excluding hydrogens is 381 g/mol. The Hall–Kier alpha value is -2.86. The molecule has 1 unspecified atom stereocenters. The van der Waals surface area contributed by atoms with Crippen molar-refractivity contribution in [3.63, 3.8) is 0 Å². The van der Waals surface area contributed by atoms with E-state index in [1.54, 1.807) is 31.2 Å². The molecule has 8 nitrogen and oxygen atoms in total. The number of nitrogens with one attached hydrogen (secondary N) is 1. The summed E-state index contributed by atoms with van der Waals surface area (Å²) in [6.07, 6.45) is 4.84. The van der Waals surface area contributed by atoms with Gasteiger partial charge in [-0.25, -0.2) is 10.2 Å². The first-order valence-corrected chi connectivity index (χ1v) is 9.27. The Morgan fingerprint density at radius 3 is 2.25 bits per heavy atom. The average molecular weight is 403 g/mol. The van der Waals surface area contributed by atoms with Gasteiger partial charge >= 0.3 is 5.97 Å². The summed E-state index contributed by atoms with van der Waals surface area (Å²) in [5.41, 5.74) is 4.30. The lowest BCUT2D eigenvalue weighted by Gasteiger charge is -2.12. The molecule has 0 fully saturated rings. The van der Waals surface area contributed by atoms with E-state index in [1.165, 1.54) is 17.1 Å². The van der Waals surface area contributed by atoms with Crippen LogP contribution in [-0.4, -0.2) is 40.8 Å². The maximum absolute atomic E-state index is 11.9. The molecule has 0 radical (unpaired) electrons. The van der Waals surface area contributed by atoms with Crippen LogP contribution in [0.25, 0.3) is 0 Å². The number of imide groups is 1. The minimum absolute atomic E-state index is 0.211. The second kappa shape index (κ2) is 10.5. The van der Waals surface area contributed by atoms with Crippen molar-refractivity contribution in [3.05, 3.63) is 47.5 Å². The highest BCUT2D eigenvalue weighted by molar-refractivity contribution is 7.10. The fourth-order valence-electron chi connectivity index (χ4n) is 2.57. The lowest BCUT2D eigenvalue weighted by atomic mass is 10.1. The van der Waals surface area contributed by atoms with Crippen LogP contribution in [0.5, 0.6) is 0 Å². The van der Waals surface area contributed by atoms with E-state index in [0.29, 0.717) is 37.1 Å². The topological polar surface area (TPSA) is 105 Å². The largest absolute Gasteiger partial charge is 0.448 e. The van der Waals surface area contributed by atoms with Crippen LogP contribution in [0.3, 0.4) is 0 Å². The molecule has 2 rings (SSSR count). The van der Waals surface area contributed by atoms with Gasteiger partial charge in [0.1, 0.15) is 0 Å². The third kappa shape index (κ3) is 6.09. The van der Waals surface area contributed by atoms with Crippen LogP contribution in [0.2, 0.25) is 0 Å². The summed E-state index contributed by atoms with van der Waals surface area (Å²) in [6, 6.07) is 6.68. The Kier molecular flexibility index (Phi) is 8.02. The van der Waals surface area contributed by atoms with Gasteiger partial charge in [0, 0.05) is 25.1 Å². The van der Waals surface area contributed by atoms with E-state index in [0.717, 1.165) is 12.0 Å². The number of amides is 3. The number of benzene rings is 1. The van der Waals surface area contributed by atoms with Gasteiger partial charge in [0.15, 0.2) is 0 Å². The molecule has 0 aromatic heterocycles. The summed E-state index contributed by atoms with van der Waals surface area (Å²) in [5, 5.41) is 4.06. The lowest BCUT2D eigenvalue weighted by Crippen LogP contribution is -2.30. The van der Waals surface area contributed by atoms with Crippen LogP contribution in [0, 0.1) is 0 Å². The Bertz CT molecular complexity index is 799. The molecule has 1 aliphatic heterocycles. The van der Waals surface area contributed by atoms with Crippen molar-refractivity contribution in [1.82, 2.24) is 10.3 Å². The molecule has 1 heterocycles. The van der Waals surface area contributed by atoms with Gasteiger partial charge in [-0.15, -0.1) is 0 Å². The fourth-order valence-corrected chi connectivity index (χ4v) is 2.70. The Morgan fingerprint density at radius 2 is 1.64 bits per heavy atom. The van der Waals surface area contributed by atoms with Crippen molar-refractivity contribution in [1.29, 1.82) is 0 Å². The lowest BCUT2D eigenvalue weighted by molar-refractivity contribution is -0.137. The molecule has 1 aliphatic rings. The van der Waals surface area contributed by atoms with Gasteiger partial charge in [-0.05, 0) is 37.5 Å². The zero-order valence-corrected chi connectivity index (χ0v) is 16.7. The first kappa shape index (κ1) is 21.4. The van der Waals surface area contributed by atoms with Gasteiger partial charge in [-0.2, -0.15) is 5.10 Å². The van der Waals surface area contributed by atoms with Gasteiger partial charge in [-0.1, -0.05) is 18.6 Å². The Balaban J connectivity index is 1.69. The van der Waals surface area contributed by atoms with Gasteiger partial charge in [0.05, 0.1) is 20.7 Å². The summed E-state index contributed by atoms with van der Waals surface area (Å²) in [5.74, 6) is -1.23. The third-order valence-electron chi connectivity index (χ3n) is 4.18. The summed E-state index contributed by atoms with van der Waals surface area (Å²) >= 11 is 0. The van der Waals surface area contributed by atoms with E-state index >= 15 is 0 Å². The number of hydrogen-bond donors (Lipinski definition) is 1. The van der Waals surface area contributed by atoms with E-state index < -0.39 is 5.97 Å². The summed E-state index contributed by atoms with van der Waals surface area (Å²) in [7, 11) is 1.91. The maximum Gasteiger partial charge on any atom is 0.340 e. The van der Waals surface area contributed by atoms with Crippen molar-refractivity contribution in [2.45, 2.75) is 32.6 Å². The van der Waals surface area contributed by atoms with Crippen LogP contribution >= 0.6 is 9.47 Å². The number of carbonyl (C=O) groups is 4. The number of hydrogen-bond acceptors (Lipinski definition) is 6. The van der Waals surface area contributed by atoms with Crippen molar-refractivity contribution in [2.75, 3.05) is 6.54 Å². The molecule has 1 aromatic rings. The van der Waals surface area contributed by atoms with Crippen LogP contribution in [0.1, 0.15) is 48.5 Å². The molecule has 0 spiro atoms. The molecule has 1 N–H and O–H groups in total. The van der Waals surface area contributed by atoms with Crippen molar-refractivity contribution < 1.29 is 23.7 Å². The Labute approximate surface area is 165 Å². The molecule has 148 valence electrons. The van der Waals surface area contributed by atoms with Crippen LogP contribution < -0.4 is 5.43 Å². The SMILES string of the molecule is C/C(=N\NC(=O)CCCCCN1C(=O)C=CC1=O)c1ccc(C(=O)OP)cc1. The second-order valence-corrected chi connectivity index (χ2v) is 6.42. The zero-order valence-electron chi connectivity index (χ0n) is 15.5. The molecule has 0 aliphatic carbocycles. The molecule has 1 atom stereocenters. The highest BCUT2D eigenvalue weighted by atomic mass is 31.0. The monoisotopic (exact) mass is 403 g/mol. The van der Waals surface area contributed by atoms with E-state index in [2.05, 4.69) is 15.1 Å². The quantitative estimate of drug-likeness (QED) is 0.223. The first-order chi connectivity index (χ1) is 13.4. The molecule has 1 aromatic carbocycles. The molecule has 9 heteroatoms. The van der Waals surface area contributed by atoms with E-state index in [4.69, 9.17) is 0 Å². The molecule has 28 heavy (non-hydrogen) atoms. The van der Waals surface area contributed by atoms with Crippen LogP contribution in [0.15, 0.2) is 41.5 Å².